The van der Waals surface area contributed by atoms with E-state index in [0.717, 1.165) is 0 Å². The van der Waals surface area contributed by atoms with Gasteiger partial charge in [-0.2, -0.15) is 5.09 Å². The van der Waals surface area contributed by atoms with Crippen LogP contribution in [0.5, 0.6) is 11.6 Å². The number of aryl methyl sites for hydroxylation is 1. The van der Waals surface area contributed by atoms with Crippen LogP contribution in [0.4, 0.5) is 0 Å². The highest BCUT2D eigenvalue weighted by molar-refractivity contribution is 7.52. The number of hydrogen-bond acceptors (Lipinski definition) is 9. The highest BCUT2D eigenvalue weighted by Crippen LogP contribution is 2.46. The summed E-state index contributed by atoms with van der Waals surface area (Å²) in [5.41, 5.74) is 0.185. The van der Waals surface area contributed by atoms with Crippen LogP contribution in [0.3, 0.4) is 0 Å². The molecule has 2 aromatic rings. The van der Waals surface area contributed by atoms with Gasteiger partial charge in [-0.05, 0) is 32.0 Å². The number of carbonyl (C=O) groups excluding carboxylic acids is 1. The summed E-state index contributed by atoms with van der Waals surface area (Å²) in [6.45, 7) is 2.68. The molecule has 0 aliphatic carbocycles. The molecular formula is C20H23Cl2N2O9P. The van der Waals surface area contributed by atoms with E-state index in [1.165, 1.54) is 38.3 Å². The summed E-state index contributed by atoms with van der Waals surface area (Å²) in [4.78, 5) is 26.3. The highest BCUT2D eigenvalue weighted by atomic mass is 35.5. The first-order valence-corrected chi connectivity index (χ1v) is 12.3. The van der Waals surface area contributed by atoms with Crippen molar-refractivity contribution in [1.29, 1.82) is 0 Å². The third-order valence-corrected chi connectivity index (χ3v) is 7.12. The number of nitrogens with one attached hydrogen (secondary N) is 2. The number of ether oxygens (including phenoxy) is 3. The smallest absolute Gasteiger partial charge is 0.459 e. The zero-order chi connectivity index (χ0) is 25.0. The Morgan fingerprint density at radius 2 is 2.09 bits per heavy atom. The number of methoxy groups -OCH3 is 1. The minimum absolute atomic E-state index is 0.0191. The molecule has 1 aromatic carbocycles. The van der Waals surface area contributed by atoms with E-state index in [4.69, 9.17) is 41.7 Å². The fraction of sp³-hybridized carbons (Fsp3) is 0.400. The SMILES string of the molecule is COC(=O)[C@H](C)NP(=O)(OC[C@@H]1OC[C@H](c2cc(C)c(O)[nH]c2=O)O1)Oc1ccc(Cl)c(Cl)c1. The van der Waals surface area contributed by atoms with E-state index in [2.05, 4.69) is 14.8 Å². The van der Waals surface area contributed by atoms with Gasteiger partial charge in [-0.15, -0.1) is 0 Å². The summed E-state index contributed by atoms with van der Waals surface area (Å²) in [7, 11) is -3.00. The van der Waals surface area contributed by atoms with E-state index < -0.39 is 37.7 Å². The first-order chi connectivity index (χ1) is 16.0. The van der Waals surface area contributed by atoms with Gasteiger partial charge in [-0.3, -0.25) is 19.1 Å². The number of aromatic hydroxyl groups is 1. The maximum Gasteiger partial charge on any atom is 0.459 e. The summed E-state index contributed by atoms with van der Waals surface area (Å²) in [5, 5.41) is 12.5. The number of aromatic amines is 1. The highest BCUT2D eigenvalue weighted by Gasteiger charge is 2.36. The van der Waals surface area contributed by atoms with Gasteiger partial charge in [0.25, 0.3) is 5.56 Å². The van der Waals surface area contributed by atoms with Gasteiger partial charge in [0.2, 0.25) is 0 Å². The molecular weight excluding hydrogens is 514 g/mol. The second-order valence-electron chi connectivity index (χ2n) is 7.31. The van der Waals surface area contributed by atoms with Gasteiger partial charge in [0.1, 0.15) is 24.5 Å². The van der Waals surface area contributed by atoms with Crippen molar-refractivity contribution in [3.05, 3.63) is 55.8 Å². The first-order valence-electron chi connectivity index (χ1n) is 9.96. The van der Waals surface area contributed by atoms with Crippen molar-refractivity contribution in [3.8, 4) is 11.6 Å². The summed E-state index contributed by atoms with van der Waals surface area (Å²) < 4.78 is 40.2. The number of aromatic nitrogens is 1. The van der Waals surface area contributed by atoms with Crippen molar-refractivity contribution in [3.63, 3.8) is 0 Å². The van der Waals surface area contributed by atoms with Gasteiger partial charge in [0, 0.05) is 17.2 Å². The number of benzene rings is 1. The molecule has 34 heavy (non-hydrogen) atoms. The third kappa shape index (κ3) is 6.51. The minimum atomic E-state index is -4.18. The third-order valence-electron chi connectivity index (χ3n) is 4.74. The van der Waals surface area contributed by atoms with Gasteiger partial charge in [-0.25, -0.2) is 4.57 Å². The van der Waals surface area contributed by atoms with Crippen LogP contribution >= 0.6 is 30.9 Å². The van der Waals surface area contributed by atoms with Crippen LogP contribution in [0.15, 0.2) is 29.1 Å². The van der Waals surface area contributed by atoms with Gasteiger partial charge in [-0.1, -0.05) is 23.2 Å². The summed E-state index contributed by atoms with van der Waals surface area (Å²) in [5.74, 6) is -0.866. The zero-order valence-electron chi connectivity index (χ0n) is 18.4. The molecule has 3 rings (SSSR count). The second kappa shape index (κ2) is 11.1. The van der Waals surface area contributed by atoms with E-state index in [1.807, 2.05) is 0 Å². The number of rotatable bonds is 9. The van der Waals surface area contributed by atoms with Crippen molar-refractivity contribution >= 4 is 36.9 Å². The molecule has 14 heteroatoms. The molecule has 1 fully saturated rings. The number of hydrogen-bond donors (Lipinski definition) is 3. The number of halogens is 2. The van der Waals surface area contributed by atoms with Crippen LogP contribution in [0.2, 0.25) is 10.0 Å². The Morgan fingerprint density at radius 1 is 1.35 bits per heavy atom. The number of pyridine rings is 1. The Kier molecular flexibility index (Phi) is 8.64. The second-order valence-corrected chi connectivity index (χ2v) is 9.82. The molecule has 0 radical (unpaired) electrons. The van der Waals surface area contributed by atoms with E-state index in [1.54, 1.807) is 6.92 Å². The van der Waals surface area contributed by atoms with Crippen LogP contribution in [-0.2, 0) is 28.1 Å². The fourth-order valence-corrected chi connectivity index (χ4v) is 4.74. The molecule has 1 aliphatic rings. The van der Waals surface area contributed by atoms with E-state index >= 15 is 0 Å². The molecule has 0 bridgehead atoms. The monoisotopic (exact) mass is 536 g/mol. The van der Waals surface area contributed by atoms with Crippen LogP contribution in [0.1, 0.15) is 24.2 Å². The standard InChI is InChI=1S/C20H23Cl2N2O9P/c1-10-6-13(19(26)23-18(10)25)16-8-30-17(32-16)9-31-34(28,24-11(2)20(27)29-3)33-12-4-5-14(21)15(22)7-12/h4-7,11,16-17H,8-9H2,1-3H3,(H,24,28)(H2,23,25,26)/t11-,16+,17+,34?/m0/s1. The molecule has 1 unspecified atom stereocenters. The van der Waals surface area contributed by atoms with E-state index in [0.29, 0.717) is 5.56 Å². The topological polar surface area (TPSA) is 145 Å². The minimum Gasteiger partial charge on any atom is -0.494 e. The predicted molar refractivity (Wildman–Crippen MR) is 122 cm³/mol. The average Bonchev–Trinajstić information content (AvgIpc) is 3.25. The molecule has 0 spiro atoms. The molecule has 4 atom stereocenters. The maximum atomic E-state index is 13.4. The van der Waals surface area contributed by atoms with Crippen LogP contribution in [0.25, 0.3) is 0 Å². The quantitative estimate of drug-likeness (QED) is 0.321. The van der Waals surface area contributed by atoms with Gasteiger partial charge in [0.05, 0.1) is 23.8 Å². The molecule has 3 N–H and O–H groups in total. The molecule has 2 heterocycles. The van der Waals surface area contributed by atoms with Crippen LogP contribution < -0.4 is 15.2 Å². The fourth-order valence-electron chi connectivity index (χ4n) is 2.98. The average molecular weight is 537 g/mol. The van der Waals surface area contributed by atoms with Gasteiger partial charge in [0.15, 0.2) is 12.2 Å². The Balaban J connectivity index is 1.72. The molecule has 1 saturated heterocycles. The van der Waals surface area contributed by atoms with Crippen molar-refractivity contribution in [2.75, 3.05) is 20.3 Å². The molecule has 1 aromatic heterocycles. The van der Waals surface area contributed by atoms with E-state index in [9.17, 15) is 19.3 Å². The van der Waals surface area contributed by atoms with Crippen molar-refractivity contribution < 1.29 is 37.7 Å². The van der Waals surface area contributed by atoms with Crippen molar-refractivity contribution in [2.45, 2.75) is 32.3 Å². The van der Waals surface area contributed by atoms with Crippen LogP contribution in [-0.4, -0.2) is 48.7 Å². The molecule has 0 amide bonds. The Labute approximate surface area is 204 Å². The zero-order valence-corrected chi connectivity index (χ0v) is 20.8. The predicted octanol–water partition coefficient (Wildman–Crippen LogP) is 3.46. The maximum absolute atomic E-state index is 13.4. The lowest BCUT2D eigenvalue weighted by molar-refractivity contribution is -0.142. The first kappa shape index (κ1) is 26.5. The summed E-state index contributed by atoms with van der Waals surface area (Å²) >= 11 is 11.9. The molecule has 0 saturated carbocycles. The summed E-state index contributed by atoms with van der Waals surface area (Å²) in [6.07, 6.45) is -1.74. The molecule has 186 valence electrons. The Bertz CT molecular complexity index is 1160. The molecule has 11 nitrogen and oxygen atoms in total. The lowest BCUT2D eigenvalue weighted by Gasteiger charge is -2.23. The van der Waals surface area contributed by atoms with Gasteiger partial charge >= 0.3 is 13.7 Å². The lowest BCUT2D eigenvalue weighted by atomic mass is 10.1. The number of esters is 1. The number of H-pyrrole nitrogens is 1. The Hall–Kier alpha value is -2.11. The summed E-state index contributed by atoms with van der Waals surface area (Å²) in [6, 6.07) is 4.65. The van der Waals surface area contributed by atoms with Crippen LogP contribution in [0, 0.1) is 6.92 Å². The van der Waals surface area contributed by atoms with Crippen molar-refractivity contribution in [2.24, 2.45) is 0 Å². The van der Waals surface area contributed by atoms with Crippen molar-refractivity contribution in [1.82, 2.24) is 10.1 Å². The van der Waals surface area contributed by atoms with Gasteiger partial charge < -0.3 is 23.8 Å². The number of carbonyl (C=O) groups is 1. The molecule has 1 aliphatic heterocycles. The van der Waals surface area contributed by atoms with E-state index in [-0.39, 0.29) is 40.5 Å². The normalized spacial score (nSPS) is 20.5. The largest absolute Gasteiger partial charge is 0.494 e. The Morgan fingerprint density at radius 3 is 2.76 bits per heavy atom. The lowest BCUT2D eigenvalue weighted by Crippen LogP contribution is -2.35.